The predicted octanol–water partition coefficient (Wildman–Crippen LogP) is 2.25. The van der Waals surface area contributed by atoms with Gasteiger partial charge in [-0.1, -0.05) is 13.8 Å². The Labute approximate surface area is 84.8 Å². The van der Waals surface area contributed by atoms with Gasteiger partial charge in [0.25, 0.3) is 0 Å². The lowest BCUT2D eigenvalue weighted by molar-refractivity contribution is -0.500. The molecule has 0 aromatic carbocycles. The molecule has 1 saturated heterocycles. The van der Waals surface area contributed by atoms with E-state index in [4.69, 9.17) is 4.74 Å². The van der Waals surface area contributed by atoms with E-state index in [0.29, 0.717) is 0 Å². The zero-order chi connectivity index (χ0) is 11.0. The topological polar surface area (TPSA) is 52.4 Å². The summed E-state index contributed by atoms with van der Waals surface area (Å²) in [5, 5.41) is 10.5. The van der Waals surface area contributed by atoms with E-state index in [1.807, 2.05) is 27.7 Å². The maximum atomic E-state index is 10.5. The van der Waals surface area contributed by atoms with Crippen molar-refractivity contribution in [3.8, 4) is 0 Å². The fourth-order valence-electron chi connectivity index (χ4n) is 1.81. The number of hydrogen-bond acceptors (Lipinski definition) is 3. The normalized spacial score (nSPS) is 29.9. The van der Waals surface area contributed by atoms with Crippen molar-refractivity contribution in [3.63, 3.8) is 0 Å². The zero-order valence-corrected chi connectivity index (χ0v) is 9.37. The number of rotatable bonds is 2. The molecule has 1 fully saturated rings. The molecule has 0 bridgehead atoms. The summed E-state index contributed by atoms with van der Waals surface area (Å²) in [6.07, 6.45) is 1.69. The third-order valence-corrected chi connectivity index (χ3v) is 3.02. The average Bonchev–Trinajstić information content (AvgIpc) is 1.97. The lowest BCUT2D eigenvalue weighted by Gasteiger charge is -2.44. The van der Waals surface area contributed by atoms with Crippen molar-refractivity contribution in [1.29, 1.82) is 0 Å². The molecule has 0 amide bonds. The van der Waals surface area contributed by atoms with Gasteiger partial charge in [-0.2, -0.15) is 0 Å². The number of ether oxygens (including phenoxy) is 1. The molecule has 0 aliphatic carbocycles. The number of nitro groups is 1. The average molecular weight is 201 g/mol. The molecule has 1 aliphatic heterocycles. The molecule has 4 nitrogen and oxygen atoms in total. The van der Waals surface area contributed by atoms with Crippen LogP contribution in [-0.4, -0.2) is 23.2 Å². The molecule has 0 spiro atoms. The van der Waals surface area contributed by atoms with E-state index in [1.165, 1.54) is 0 Å². The van der Waals surface area contributed by atoms with Gasteiger partial charge in [-0.25, -0.2) is 0 Å². The van der Waals surface area contributed by atoms with Crippen LogP contribution in [0.2, 0.25) is 0 Å². The van der Waals surface area contributed by atoms with Crippen molar-refractivity contribution in [3.05, 3.63) is 10.1 Å². The van der Waals surface area contributed by atoms with Crippen molar-refractivity contribution >= 4 is 0 Å². The summed E-state index contributed by atoms with van der Waals surface area (Å²) in [5.74, 6) is 0. The molecule has 0 radical (unpaired) electrons. The molecule has 1 unspecified atom stereocenters. The van der Waals surface area contributed by atoms with Crippen LogP contribution in [0.5, 0.6) is 0 Å². The molecule has 1 atom stereocenters. The van der Waals surface area contributed by atoms with Crippen LogP contribution in [-0.2, 0) is 4.74 Å². The summed E-state index contributed by atoms with van der Waals surface area (Å²) in [7, 11) is 0. The van der Waals surface area contributed by atoms with Gasteiger partial charge in [0.05, 0.1) is 5.60 Å². The first-order valence-electron chi connectivity index (χ1n) is 5.03. The molecular weight excluding hydrogens is 182 g/mol. The summed E-state index contributed by atoms with van der Waals surface area (Å²) in [4.78, 5) is 10.2. The fraction of sp³-hybridized carbons (Fsp3) is 1.00. The molecule has 14 heavy (non-hydrogen) atoms. The van der Waals surface area contributed by atoms with E-state index in [-0.39, 0.29) is 28.6 Å². The fourth-order valence-corrected chi connectivity index (χ4v) is 1.81. The summed E-state index contributed by atoms with van der Waals surface area (Å²) in [5.41, 5.74) is -0.293. The number of nitrogens with zero attached hydrogens (tertiary/aromatic N) is 1. The summed E-state index contributed by atoms with van der Waals surface area (Å²) < 4.78 is 5.76. The Kier molecular flexibility index (Phi) is 2.86. The van der Waals surface area contributed by atoms with E-state index in [2.05, 4.69) is 0 Å². The molecule has 1 rings (SSSR count). The third kappa shape index (κ3) is 2.67. The predicted molar refractivity (Wildman–Crippen MR) is 53.8 cm³/mol. The Morgan fingerprint density at radius 1 is 1.36 bits per heavy atom. The Hall–Kier alpha value is -0.640. The molecule has 0 aromatic heterocycles. The van der Waals surface area contributed by atoms with Crippen LogP contribution in [0.15, 0.2) is 0 Å². The second-order valence-electron chi connectivity index (χ2n) is 5.37. The Morgan fingerprint density at radius 2 is 1.93 bits per heavy atom. The van der Waals surface area contributed by atoms with Crippen molar-refractivity contribution in [1.82, 2.24) is 0 Å². The van der Waals surface area contributed by atoms with E-state index >= 15 is 0 Å². The van der Waals surface area contributed by atoms with Crippen LogP contribution < -0.4 is 0 Å². The second-order valence-corrected chi connectivity index (χ2v) is 5.37. The standard InChI is InChI=1S/C10H19NO3/c1-9(2)5-6-10(3,4)14-8(9)7-11(12)13/h8H,5-7H2,1-4H3. The van der Waals surface area contributed by atoms with Gasteiger partial charge < -0.3 is 4.74 Å². The highest BCUT2D eigenvalue weighted by molar-refractivity contribution is 4.89. The van der Waals surface area contributed by atoms with Crippen molar-refractivity contribution in [2.45, 2.75) is 52.2 Å². The van der Waals surface area contributed by atoms with Crippen LogP contribution >= 0.6 is 0 Å². The van der Waals surface area contributed by atoms with Gasteiger partial charge in [0.15, 0.2) is 0 Å². The summed E-state index contributed by atoms with van der Waals surface area (Å²) in [6.45, 7) is 7.98. The van der Waals surface area contributed by atoms with Crippen LogP contribution in [0.4, 0.5) is 0 Å². The van der Waals surface area contributed by atoms with Crippen molar-refractivity contribution < 1.29 is 9.66 Å². The Morgan fingerprint density at radius 3 is 2.43 bits per heavy atom. The van der Waals surface area contributed by atoms with Gasteiger partial charge in [-0.3, -0.25) is 10.1 Å². The van der Waals surface area contributed by atoms with Crippen LogP contribution in [0.25, 0.3) is 0 Å². The van der Waals surface area contributed by atoms with E-state index in [9.17, 15) is 10.1 Å². The molecule has 0 saturated carbocycles. The highest BCUT2D eigenvalue weighted by Crippen LogP contribution is 2.40. The van der Waals surface area contributed by atoms with E-state index < -0.39 is 0 Å². The maximum absolute atomic E-state index is 10.5. The van der Waals surface area contributed by atoms with E-state index in [1.54, 1.807) is 0 Å². The van der Waals surface area contributed by atoms with Gasteiger partial charge >= 0.3 is 0 Å². The first kappa shape index (κ1) is 11.4. The SMILES string of the molecule is CC1(C)CCC(C)(C)C(C[N+](=O)[O-])O1. The summed E-state index contributed by atoms with van der Waals surface area (Å²) in [6, 6.07) is 0. The van der Waals surface area contributed by atoms with Crippen LogP contribution in [0.3, 0.4) is 0 Å². The van der Waals surface area contributed by atoms with Gasteiger partial charge in [-0.15, -0.1) is 0 Å². The van der Waals surface area contributed by atoms with E-state index in [0.717, 1.165) is 12.8 Å². The zero-order valence-electron chi connectivity index (χ0n) is 9.37. The minimum Gasteiger partial charge on any atom is -0.365 e. The minimum absolute atomic E-state index is 0.0808. The highest BCUT2D eigenvalue weighted by atomic mass is 16.6. The molecule has 0 N–H and O–H groups in total. The second kappa shape index (κ2) is 3.50. The van der Waals surface area contributed by atoms with Gasteiger partial charge in [0, 0.05) is 4.92 Å². The molecular formula is C10H19NO3. The summed E-state index contributed by atoms with van der Waals surface area (Å²) >= 11 is 0. The lowest BCUT2D eigenvalue weighted by Crippen LogP contribution is -2.48. The van der Waals surface area contributed by atoms with Gasteiger partial charge in [-0.05, 0) is 32.1 Å². The van der Waals surface area contributed by atoms with Crippen molar-refractivity contribution in [2.24, 2.45) is 5.41 Å². The van der Waals surface area contributed by atoms with Gasteiger partial charge in [0.1, 0.15) is 6.10 Å². The van der Waals surface area contributed by atoms with Gasteiger partial charge in [0.2, 0.25) is 6.54 Å². The first-order chi connectivity index (χ1) is 6.23. The molecule has 0 aromatic rings. The smallest absolute Gasteiger partial charge is 0.230 e. The molecule has 1 heterocycles. The third-order valence-electron chi connectivity index (χ3n) is 3.02. The Balaban J connectivity index is 2.71. The van der Waals surface area contributed by atoms with Crippen molar-refractivity contribution in [2.75, 3.05) is 6.54 Å². The van der Waals surface area contributed by atoms with Crippen LogP contribution in [0.1, 0.15) is 40.5 Å². The monoisotopic (exact) mass is 201 g/mol. The quantitative estimate of drug-likeness (QED) is 0.508. The molecule has 4 heteroatoms. The first-order valence-corrected chi connectivity index (χ1v) is 5.03. The largest absolute Gasteiger partial charge is 0.365 e. The number of hydrogen-bond donors (Lipinski definition) is 0. The lowest BCUT2D eigenvalue weighted by atomic mass is 9.76. The van der Waals surface area contributed by atoms with Crippen LogP contribution in [0, 0.1) is 15.5 Å². The Bertz CT molecular complexity index is 236. The maximum Gasteiger partial charge on any atom is 0.230 e. The minimum atomic E-state index is -0.284. The highest BCUT2D eigenvalue weighted by Gasteiger charge is 2.43. The molecule has 82 valence electrons. The molecule has 1 aliphatic rings.